The van der Waals surface area contributed by atoms with E-state index in [9.17, 15) is 4.79 Å². The van der Waals surface area contributed by atoms with Gasteiger partial charge in [0.05, 0.1) is 25.3 Å². The highest BCUT2D eigenvalue weighted by Crippen LogP contribution is 2.45. The summed E-state index contributed by atoms with van der Waals surface area (Å²) >= 11 is 0. The van der Waals surface area contributed by atoms with Crippen LogP contribution >= 0.6 is 0 Å². The molecule has 2 aliphatic carbocycles. The lowest BCUT2D eigenvalue weighted by molar-refractivity contribution is -0.126. The van der Waals surface area contributed by atoms with E-state index >= 15 is 4.39 Å². The number of rotatable bonds is 9. The number of anilines is 4. The van der Waals surface area contributed by atoms with E-state index in [0.717, 1.165) is 55.2 Å². The molecule has 3 N–H and O–H groups in total. The second kappa shape index (κ2) is 12.2. The number of benzene rings is 2. The molecule has 2 heterocycles. The monoisotopic (exact) mass is 585 g/mol. The fourth-order valence-corrected chi connectivity index (χ4v) is 6.61. The SMILES string of the molecule is COc1ccc(C(C)NC(=O)[C@H]2[C@@H](Nc3nc(Nc4ccc(N5CCN(C)CC5)c(C)c4)ncc3F)[C@@H]3C=C[C@H]2C3)cc1. The molecule has 0 radical (unpaired) electrons. The molecule has 1 unspecified atom stereocenters. The highest BCUT2D eigenvalue weighted by atomic mass is 19.1. The van der Waals surface area contributed by atoms with Gasteiger partial charge in [0.2, 0.25) is 11.9 Å². The number of aryl methyl sites for hydroxylation is 1. The number of nitrogens with zero attached hydrogens (tertiary/aromatic N) is 4. The van der Waals surface area contributed by atoms with Crippen molar-refractivity contribution in [3.05, 3.63) is 77.8 Å². The molecule has 9 nitrogen and oxygen atoms in total. The molecule has 2 fully saturated rings. The number of allylic oxidation sites excluding steroid dienone is 1. The quantitative estimate of drug-likeness (QED) is 0.305. The van der Waals surface area contributed by atoms with Gasteiger partial charge in [0.25, 0.3) is 0 Å². The summed E-state index contributed by atoms with van der Waals surface area (Å²) in [4.78, 5) is 27.0. The number of aromatic nitrogens is 2. The average Bonchev–Trinajstić information content (AvgIpc) is 3.62. The normalized spacial score (nSPS) is 23.7. The van der Waals surface area contributed by atoms with E-state index in [0.29, 0.717) is 5.95 Å². The summed E-state index contributed by atoms with van der Waals surface area (Å²) in [6, 6.07) is 13.4. The number of amides is 1. The van der Waals surface area contributed by atoms with Gasteiger partial charge < -0.3 is 30.5 Å². The van der Waals surface area contributed by atoms with Crippen molar-refractivity contribution in [3.8, 4) is 5.75 Å². The van der Waals surface area contributed by atoms with Gasteiger partial charge in [-0.05, 0) is 80.6 Å². The number of carbonyl (C=O) groups excluding carboxylic acids is 1. The molecule has 10 heteroatoms. The Bertz CT molecular complexity index is 1490. The Hall–Kier alpha value is -4.18. The summed E-state index contributed by atoms with van der Waals surface area (Å²) in [5.74, 6) is 0.418. The minimum Gasteiger partial charge on any atom is -0.497 e. The smallest absolute Gasteiger partial charge is 0.229 e. The highest BCUT2D eigenvalue weighted by molar-refractivity contribution is 5.82. The van der Waals surface area contributed by atoms with Gasteiger partial charge in [0.15, 0.2) is 11.6 Å². The summed E-state index contributed by atoms with van der Waals surface area (Å²) in [6.07, 6.45) is 6.26. The van der Waals surface area contributed by atoms with Gasteiger partial charge in [-0.2, -0.15) is 4.98 Å². The maximum atomic E-state index is 15.0. The maximum absolute atomic E-state index is 15.0. The second-order valence-corrected chi connectivity index (χ2v) is 12.0. The first-order valence-electron chi connectivity index (χ1n) is 15.0. The van der Waals surface area contributed by atoms with Crippen LogP contribution in [0.15, 0.2) is 60.8 Å². The van der Waals surface area contributed by atoms with Crippen LogP contribution in [0.2, 0.25) is 0 Å². The maximum Gasteiger partial charge on any atom is 0.229 e. The number of halogens is 1. The van der Waals surface area contributed by atoms with Gasteiger partial charge in [-0.1, -0.05) is 24.3 Å². The fraction of sp³-hybridized carbons (Fsp3) is 0.424. The number of piperazine rings is 1. The Morgan fingerprint density at radius 1 is 1.07 bits per heavy atom. The zero-order chi connectivity index (χ0) is 30.1. The topological polar surface area (TPSA) is 94.6 Å². The number of methoxy groups -OCH3 is 1. The van der Waals surface area contributed by atoms with Gasteiger partial charge in [0.1, 0.15) is 5.75 Å². The molecule has 5 atom stereocenters. The molecule has 1 amide bonds. The minimum atomic E-state index is -0.551. The van der Waals surface area contributed by atoms with E-state index in [1.54, 1.807) is 7.11 Å². The van der Waals surface area contributed by atoms with Gasteiger partial charge in [-0.15, -0.1) is 0 Å². The Kier molecular flexibility index (Phi) is 8.21. The molecule has 226 valence electrons. The largest absolute Gasteiger partial charge is 0.497 e. The molecule has 2 bridgehead atoms. The predicted molar refractivity (Wildman–Crippen MR) is 167 cm³/mol. The molecule has 3 aromatic rings. The van der Waals surface area contributed by atoms with E-state index in [1.807, 2.05) is 37.3 Å². The lowest BCUT2D eigenvalue weighted by Gasteiger charge is -2.35. The van der Waals surface area contributed by atoms with Crippen molar-refractivity contribution in [1.82, 2.24) is 20.2 Å². The number of hydrogen-bond donors (Lipinski definition) is 3. The van der Waals surface area contributed by atoms with Gasteiger partial charge in [0, 0.05) is 43.6 Å². The molecule has 1 aromatic heterocycles. The summed E-state index contributed by atoms with van der Waals surface area (Å²) in [6.45, 7) is 8.14. The van der Waals surface area contributed by atoms with E-state index < -0.39 is 5.82 Å². The number of carbonyl (C=O) groups is 1. The standard InChI is InChI=1S/C33H40FN7O2/c1-20-17-25(9-12-28(20)41-15-13-40(3)14-16-41)37-33-35-19-27(34)31(39-33)38-30-24-6-5-23(18-24)29(30)32(42)36-21(2)22-7-10-26(43-4)11-8-22/h5-12,17,19,21,23-24,29-30H,13-16,18H2,1-4H3,(H,36,42)(H2,35,37,38,39)/t21?,23-,24+,29+,30-/m0/s1. The zero-order valence-electron chi connectivity index (χ0n) is 25.2. The molecular formula is C33H40FN7O2. The molecule has 43 heavy (non-hydrogen) atoms. The summed E-state index contributed by atoms with van der Waals surface area (Å²) < 4.78 is 20.3. The zero-order valence-corrected chi connectivity index (χ0v) is 25.2. The van der Waals surface area contributed by atoms with Crippen molar-refractivity contribution in [2.24, 2.45) is 17.8 Å². The molecule has 0 spiro atoms. The van der Waals surface area contributed by atoms with Crippen molar-refractivity contribution in [1.29, 1.82) is 0 Å². The fourth-order valence-electron chi connectivity index (χ4n) is 6.61. The number of ether oxygens (including phenoxy) is 1. The van der Waals surface area contributed by atoms with Gasteiger partial charge in [-0.25, -0.2) is 9.37 Å². The third kappa shape index (κ3) is 6.15. The first kappa shape index (κ1) is 28.9. The Morgan fingerprint density at radius 2 is 1.81 bits per heavy atom. The number of likely N-dealkylation sites (N-methyl/N-ethyl adjacent to an activating group) is 1. The Morgan fingerprint density at radius 3 is 2.53 bits per heavy atom. The van der Waals surface area contributed by atoms with E-state index in [-0.39, 0.29) is 41.6 Å². The third-order valence-corrected chi connectivity index (χ3v) is 9.08. The van der Waals surface area contributed by atoms with Crippen molar-refractivity contribution in [3.63, 3.8) is 0 Å². The van der Waals surface area contributed by atoms with Crippen LogP contribution in [0.3, 0.4) is 0 Å². The molecule has 3 aliphatic rings. The number of nitrogens with one attached hydrogen (secondary N) is 3. The van der Waals surface area contributed by atoms with Crippen LogP contribution in [0.5, 0.6) is 5.75 Å². The van der Waals surface area contributed by atoms with Gasteiger partial charge in [-0.3, -0.25) is 4.79 Å². The van der Waals surface area contributed by atoms with E-state index in [4.69, 9.17) is 4.74 Å². The highest BCUT2D eigenvalue weighted by Gasteiger charge is 2.48. The Balaban J connectivity index is 1.14. The van der Waals surface area contributed by atoms with Crippen molar-refractivity contribution < 1.29 is 13.9 Å². The van der Waals surface area contributed by atoms with E-state index in [2.05, 4.69) is 74.0 Å². The third-order valence-electron chi connectivity index (χ3n) is 9.08. The number of hydrogen-bond acceptors (Lipinski definition) is 8. The summed E-state index contributed by atoms with van der Waals surface area (Å²) in [5.41, 5.74) is 4.19. The van der Waals surface area contributed by atoms with Crippen molar-refractivity contribution in [2.75, 3.05) is 55.9 Å². The van der Waals surface area contributed by atoms with Crippen LogP contribution < -0.4 is 25.6 Å². The Labute approximate surface area is 252 Å². The summed E-state index contributed by atoms with van der Waals surface area (Å²) in [7, 11) is 3.78. The molecule has 1 aliphatic heterocycles. The van der Waals surface area contributed by atoms with Crippen LogP contribution in [0.4, 0.5) is 27.5 Å². The van der Waals surface area contributed by atoms with Crippen LogP contribution in [0, 0.1) is 30.5 Å². The first-order chi connectivity index (χ1) is 20.8. The lowest BCUT2D eigenvalue weighted by Crippen LogP contribution is -2.44. The molecule has 6 rings (SSSR count). The van der Waals surface area contributed by atoms with Crippen LogP contribution in [0.1, 0.15) is 30.5 Å². The van der Waals surface area contributed by atoms with Crippen LogP contribution in [-0.4, -0.2) is 67.2 Å². The van der Waals surface area contributed by atoms with E-state index in [1.165, 1.54) is 11.9 Å². The number of fused-ring (bicyclic) bond motifs is 2. The van der Waals surface area contributed by atoms with Crippen molar-refractivity contribution >= 4 is 29.0 Å². The van der Waals surface area contributed by atoms with Crippen LogP contribution in [0.25, 0.3) is 0 Å². The molecule has 2 aromatic carbocycles. The average molecular weight is 586 g/mol. The molecular weight excluding hydrogens is 545 g/mol. The predicted octanol–water partition coefficient (Wildman–Crippen LogP) is 4.91. The van der Waals surface area contributed by atoms with Crippen LogP contribution in [-0.2, 0) is 4.79 Å². The van der Waals surface area contributed by atoms with Crippen molar-refractivity contribution in [2.45, 2.75) is 32.4 Å². The second-order valence-electron chi connectivity index (χ2n) is 12.0. The first-order valence-corrected chi connectivity index (χ1v) is 15.0. The molecule has 1 saturated heterocycles. The molecule has 1 saturated carbocycles. The minimum absolute atomic E-state index is 0.0543. The summed E-state index contributed by atoms with van der Waals surface area (Å²) in [5, 5.41) is 9.70. The van der Waals surface area contributed by atoms with Gasteiger partial charge >= 0.3 is 0 Å². The lowest BCUT2D eigenvalue weighted by atomic mass is 9.87.